The molecule has 0 aliphatic carbocycles. The minimum atomic E-state index is 0.0909. The van der Waals surface area contributed by atoms with Crippen LogP contribution in [0.5, 0.6) is 11.5 Å². The van der Waals surface area contributed by atoms with Crippen molar-refractivity contribution in [3.8, 4) is 11.5 Å². The van der Waals surface area contributed by atoms with E-state index in [1.165, 1.54) is 0 Å². The summed E-state index contributed by atoms with van der Waals surface area (Å²) in [6.45, 7) is 6.76. The van der Waals surface area contributed by atoms with Crippen LogP contribution in [0.2, 0.25) is 0 Å². The zero-order valence-electron chi connectivity index (χ0n) is 16.7. The summed E-state index contributed by atoms with van der Waals surface area (Å²) < 4.78 is 12.6. The summed E-state index contributed by atoms with van der Waals surface area (Å²) in [5.41, 5.74) is 5.88. The molecule has 0 radical (unpaired) electrons. The fourth-order valence-corrected chi connectivity index (χ4v) is 3.63. The normalized spacial score (nSPS) is 12.6. The minimum Gasteiger partial charge on any atom is -0.454 e. The largest absolute Gasteiger partial charge is 0.454 e. The first-order chi connectivity index (χ1) is 13.4. The summed E-state index contributed by atoms with van der Waals surface area (Å²) in [5.74, 6) is 1.58. The second kappa shape index (κ2) is 7.14. The molecule has 28 heavy (non-hydrogen) atoms. The molecule has 3 aromatic rings. The molecule has 0 fully saturated rings. The van der Waals surface area contributed by atoms with Crippen molar-refractivity contribution >= 4 is 11.6 Å². The number of aryl methyl sites for hydroxylation is 3. The molecule has 0 unspecified atom stereocenters. The molecule has 1 aliphatic rings. The number of rotatable bonds is 5. The van der Waals surface area contributed by atoms with Gasteiger partial charge in [-0.15, -0.1) is 0 Å². The van der Waals surface area contributed by atoms with Crippen LogP contribution in [0.15, 0.2) is 24.3 Å². The molecule has 0 spiro atoms. The number of amides is 1. The smallest absolute Gasteiger partial charge is 0.231 e. The first-order valence-electron chi connectivity index (χ1n) is 9.37. The molecule has 4 rings (SSSR count). The Morgan fingerprint density at radius 1 is 1.18 bits per heavy atom. The van der Waals surface area contributed by atoms with Crippen molar-refractivity contribution in [2.24, 2.45) is 0 Å². The highest BCUT2D eigenvalue weighted by Crippen LogP contribution is 2.32. The Kier molecular flexibility index (Phi) is 4.66. The molecule has 7 heteroatoms. The van der Waals surface area contributed by atoms with Gasteiger partial charge >= 0.3 is 0 Å². The number of hydrogen-bond donors (Lipinski definition) is 0. The molecule has 7 nitrogen and oxygen atoms in total. The average Bonchev–Trinajstić information content (AvgIpc) is 3.26. The van der Waals surface area contributed by atoms with Gasteiger partial charge in [-0.2, -0.15) is 5.10 Å². The molecule has 3 heterocycles. The molecular weight excluding hydrogens is 356 g/mol. The van der Waals surface area contributed by atoms with Gasteiger partial charge in [-0.3, -0.25) is 4.79 Å². The van der Waals surface area contributed by atoms with E-state index >= 15 is 0 Å². The van der Waals surface area contributed by atoms with Gasteiger partial charge in [0.05, 0.1) is 5.69 Å². The van der Waals surface area contributed by atoms with E-state index < -0.39 is 0 Å². The zero-order valence-corrected chi connectivity index (χ0v) is 16.7. The van der Waals surface area contributed by atoms with Crippen molar-refractivity contribution in [3.63, 3.8) is 0 Å². The fraction of sp³-hybridized carbons (Fsp3) is 0.381. The predicted octanol–water partition coefficient (Wildman–Crippen LogP) is 2.97. The molecule has 0 saturated carbocycles. The Hall–Kier alpha value is -3.09. The predicted molar refractivity (Wildman–Crippen MR) is 105 cm³/mol. The lowest BCUT2D eigenvalue weighted by Crippen LogP contribution is -2.26. The lowest BCUT2D eigenvalue weighted by atomic mass is 10.1. The van der Waals surface area contributed by atoms with Gasteiger partial charge < -0.3 is 14.4 Å². The fourth-order valence-electron chi connectivity index (χ4n) is 3.63. The maximum absolute atomic E-state index is 12.7. The number of hydrogen-bond acceptors (Lipinski definition) is 5. The van der Waals surface area contributed by atoms with E-state index in [2.05, 4.69) is 10.1 Å². The van der Waals surface area contributed by atoms with E-state index in [0.717, 1.165) is 45.4 Å². The Morgan fingerprint density at radius 2 is 1.96 bits per heavy atom. The third-order valence-corrected chi connectivity index (χ3v) is 5.16. The molecule has 2 aromatic heterocycles. The third kappa shape index (κ3) is 3.40. The number of fused-ring (bicyclic) bond motifs is 2. The van der Waals surface area contributed by atoms with E-state index in [-0.39, 0.29) is 12.7 Å². The molecule has 0 saturated heterocycles. The van der Waals surface area contributed by atoms with E-state index in [1.54, 1.807) is 4.90 Å². The Morgan fingerprint density at radius 3 is 2.79 bits per heavy atom. The van der Waals surface area contributed by atoms with E-state index in [9.17, 15) is 4.79 Å². The SMILES string of the molecule is Cc1cc2nc(C)c(CCC(=O)N(C)Cc3ccc4c(c3)OCO4)c(C)n2n1. The second-order valence-corrected chi connectivity index (χ2v) is 7.25. The van der Waals surface area contributed by atoms with Crippen LogP contribution < -0.4 is 9.47 Å². The average molecular weight is 380 g/mol. The summed E-state index contributed by atoms with van der Waals surface area (Å²) >= 11 is 0. The molecule has 146 valence electrons. The minimum absolute atomic E-state index is 0.0909. The van der Waals surface area contributed by atoms with Crippen molar-refractivity contribution in [1.82, 2.24) is 19.5 Å². The van der Waals surface area contributed by atoms with Crippen LogP contribution in [-0.2, 0) is 17.8 Å². The molecule has 0 bridgehead atoms. The van der Waals surface area contributed by atoms with Crippen LogP contribution in [0, 0.1) is 20.8 Å². The standard InChI is InChI=1S/C21H24N4O3/c1-13-9-20-22-14(2)17(15(3)25(20)23-13)6-8-21(26)24(4)11-16-5-7-18-19(10-16)28-12-27-18/h5,7,9-10H,6,8,11-12H2,1-4H3. The van der Waals surface area contributed by atoms with Gasteiger partial charge in [-0.05, 0) is 50.5 Å². The number of aromatic nitrogens is 3. The number of carbonyl (C=O) groups is 1. The van der Waals surface area contributed by atoms with Gasteiger partial charge in [0.25, 0.3) is 0 Å². The van der Waals surface area contributed by atoms with Crippen LogP contribution >= 0.6 is 0 Å². The molecule has 1 aromatic carbocycles. The van der Waals surface area contributed by atoms with Crippen molar-refractivity contribution in [3.05, 3.63) is 52.5 Å². The lowest BCUT2D eigenvalue weighted by molar-refractivity contribution is -0.130. The number of ether oxygens (including phenoxy) is 2. The van der Waals surface area contributed by atoms with E-state index in [0.29, 0.717) is 19.4 Å². The summed E-state index contributed by atoms with van der Waals surface area (Å²) in [7, 11) is 1.82. The summed E-state index contributed by atoms with van der Waals surface area (Å²) in [4.78, 5) is 19.0. The van der Waals surface area contributed by atoms with Crippen molar-refractivity contribution < 1.29 is 14.3 Å². The van der Waals surface area contributed by atoms with Gasteiger partial charge in [0.15, 0.2) is 17.1 Å². The molecule has 0 atom stereocenters. The summed E-state index contributed by atoms with van der Waals surface area (Å²) in [5, 5.41) is 4.50. The first kappa shape index (κ1) is 18.3. The lowest BCUT2D eigenvalue weighted by Gasteiger charge is -2.18. The van der Waals surface area contributed by atoms with Crippen LogP contribution in [0.25, 0.3) is 5.65 Å². The molecule has 1 amide bonds. The van der Waals surface area contributed by atoms with Crippen molar-refractivity contribution in [1.29, 1.82) is 0 Å². The highest BCUT2D eigenvalue weighted by atomic mass is 16.7. The van der Waals surface area contributed by atoms with Crippen LogP contribution in [0.4, 0.5) is 0 Å². The molecule has 1 aliphatic heterocycles. The van der Waals surface area contributed by atoms with Crippen LogP contribution in [0.3, 0.4) is 0 Å². The maximum Gasteiger partial charge on any atom is 0.231 e. The van der Waals surface area contributed by atoms with E-state index in [4.69, 9.17) is 9.47 Å². The van der Waals surface area contributed by atoms with Crippen molar-refractivity contribution in [2.75, 3.05) is 13.8 Å². The van der Waals surface area contributed by atoms with Gasteiger partial charge in [0.2, 0.25) is 12.7 Å². The molecule has 0 N–H and O–H groups in total. The van der Waals surface area contributed by atoms with Crippen LogP contribution in [-0.4, -0.2) is 39.2 Å². The number of benzene rings is 1. The Balaban J connectivity index is 1.43. The quantitative estimate of drug-likeness (QED) is 0.681. The topological polar surface area (TPSA) is 69.0 Å². The second-order valence-electron chi connectivity index (χ2n) is 7.25. The number of nitrogens with zero attached hydrogens (tertiary/aromatic N) is 4. The monoisotopic (exact) mass is 380 g/mol. The number of carbonyl (C=O) groups excluding carboxylic acids is 1. The van der Waals surface area contributed by atoms with E-state index in [1.807, 2.05) is 56.6 Å². The van der Waals surface area contributed by atoms with Crippen molar-refractivity contribution in [2.45, 2.75) is 40.2 Å². The van der Waals surface area contributed by atoms with Crippen LogP contribution in [0.1, 0.15) is 34.6 Å². The van der Waals surface area contributed by atoms with Gasteiger partial charge in [0, 0.05) is 37.5 Å². The zero-order chi connectivity index (χ0) is 19.8. The highest BCUT2D eigenvalue weighted by molar-refractivity contribution is 5.76. The summed E-state index contributed by atoms with van der Waals surface area (Å²) in [6.07, 6.45) is 1.07. The van der Waals surface area contributed by atoms with Gasteiger partial charge in [-0.25, -0.2) is 9.50 Å². The first-order valence-corrected chi connectivity index (χ1v) is 9.37. The maximum atomic E-state index is 12.7. The Labute approximate surface area is 163 Å². The van der Waals surface area contributed by atoms with Gasteiger partial charge in [0.1, 0.15) is 0 Å². The highest BCUT2D eigenvalue weighted by Gasteiger charge is 2.17. The summed E-state index contributed by atoms with van der Waals surface area (Å²) in [6, 6.07) is 7.74. The van der Waals surface area contributed by atoms with Gasteiger partial charge in [-0.1, -0.05) is 6.07 Å². The third-order valence-electron chi connectivity index (χ3n) is 5.16. The molecular formula is C21H24N4O3. The Bertz CT molecular complexity index is 1060.